The summed E-state index contributed by atoms with van der Waals surface area (Å²) in [5.41, 5.74) is 1.24. The first-order valence-corrected chi connectivity index (χ1v) is 8.27. The Labute approximate surface area is 119 Å². The molecule has 3 rings (SSSR count). The summed E-state index contributed by atoms with van der Waals surface area (Å²) in [7, 11) is 0. The second kappa shape index (κ2) is 4.89. The van der Waals surface area contributed by atoms with Gasteiger partial charge >= 0.3 is 0 Å². The van der Waals surface area contributed by atoms with E-state index in [1.165, 1.54) is 24.1 Å². The number of hydrogen-bond donors (Lipinski definition) is 0. The average molecular weight is 278 g/mol. The third-order valence-corrected chi connectivity index (χ3v) is 6.14. The van der Waals surface area contributed by atoms with Gasteiger partial charge in [-0.15, -0.1) is 11.3 Å². The summed E-state index contributed by atoms with van der Waals surface area (Å²) in [6.45, 7) is 6.80. The Morgan fingerprint density at radius 1 is 1.32 bits per heavy atom. The van der Waals surface area contributed by atoms with Crippen molar-refractivity contribution in [2.45, 2.75) is 52.4 Å². The Kier molecular flexibility index (Phi) is 3.37. The number of thiazole rings is 1. The minimum atomic E-state index is 0.250. The molecule has 0 radical (unpaired) electrons. The molecule has 0 atom stereocenters. The van der Waals surface area contributed by atoms with E-state index in [4.69, 9.17) is 0 Å². The number of hydrogen-bond acceptors (Lipinski definition) is 4. The zero-order valence-corrected chi connectivity index (χ0v) is 12.7. The Balaban J connectivity index is 1.83. The quantitative estimate of drug-likeness (QED) is 0.845. The Morgan fingerprint density at radius 2 is 2.11 bits per heavy atom. The summed E-state index contributed by atoms with van der Waals surface area (Å²) < 4.78 is 0. The predicted molar refractivity (Wildman–Crippen MR) is 79.2 cm³/mol. The van der Waals surface area contributed by atoms with Crippen LogP contribution in [0, 0.1) is 5.41 Å². The van der Waals surface area contributed by atoms with Crippen LogP contribution in [0.25, 0.3) is 0 Å². The van der Waals surface area contributed by atoms with Crippen LogP contribution < -0.4 is 4.90 Å². The van der Waals surface area contributed by atoms with E-state index in [2.05, 4.69) is 23.7 Å². The van der Waals surface area contributed by atoms with E-state index in [1.54, 1.807) is 11.3 Å². The van der Waals surface area contributed by atoms with E-state index in [0.29, 0.717) is 11.8 Å². The third-order valence-electron chi connectivity index (χ3n) is 4.97. The second-order valence-corrected chi connectivity index (χ2v) is 6.99. The molecule has 2 aliphatic rings. The van der Waals surface area contributed by atoms with Gasteiger partial charge in [0.15, 0.2) is 10.9 Å². The first-order valence-electron chi connectivity index (χ1n) is 7.45. The standard InChI is InChI=1S/C15H22N2OS/c1-3-15(4-2)8-9-17(10-15)14-16-13-11(18)6-5-7-12(13)19-14/h3-10H2,1-2H3. The molecule has 1 saturated heterocycles. The number of carbonyl (C=O) groups excluding carboxylic acids is 1. The highest BCUT2D eigenvalue weighted by atomic mass is 32.1. The van der Waals surface area contributed by atoms with Crippen LogP contribution in [0.2, 0.25) is 0 Å². The van der Waals surface area contributed by atoms with Crippen molar-refractivity contribution in [3.8, 4) is 0 Å². The molecule has 2 heterocycles. The summed E-state index contributed by atoms with van der Waals surface area (Å²) >= 11 is 1.75. The maximum Gasteiger partial charge on any atom is 0.186 e. The fraction of sp³-hybridized carbons (Fsp3) is 0.733. The van der Waals surface area contributed by atoms with Gasteiger partial charge in [-0.1, -0.05) is 13.8 Å². The van der Waals surface area contributed by atoms with Gasteiger partial charge in [-0.05, 0) is 37.5 Å². The second-order valence-electron chi connectivity index (χ2n) is 5.92. The maximum absolute atomic E-state index is 11.9. The molecule has 3 nitrogen and oxygen atoms in total. The van der Waals surface area contributed by atoms with Crippen molar-refractivity contribution in [2.24, 2.45) is 5.41 Å². The van der Waals surface area contributed by atoms with E-state index in [0.717, 1.165) is 36.8 Å². The number of aromatic nitrogens is 1. The smallest absolute Gasteiger partial charge is 0.186 e. The zero-order chi connectivity index (χ0) is 13.5. The van der Waals surface area contributed by atoms with Crippen molar-refractivity contribution in [3.63, 3.8) is 0 Å². The Morgan fingerprint density at radius 3 is 2.74 bits per heavy atom. The van der Waals surface area contributed by atoms with Crippen molar-refractivity contribution < 1.29 is 4.79 Å². The summed E-state index contributed by atoms with van der Waals surface area (Å²) in [6.07, 6.45) is 6.47. The zero-order valence-electron chi connectivity index (χ0n) is 11.9. The van der Waals surface area contributed by atoms with Crippen LogP contribution in [0.3, 0.4) is 0 Å². The highest BCUT2D eigenvalue weighted by Gasteiger charge is 2.36. The van der Waals surface area contributed by atoms with E-state index >= 15 is 0 Å². The molecule has 19 heavy (non-hydrogen) atoms. The van der Waals surface area contributed by atoms with Gasteiger partial charge in [0.05, 0.1) is 0 Å². The highest BCUT2D eigenvalue weighted by Crippen LogP contribution is 2.41. The van der Waals surface area contributed by atoms with Gasteiger partial charge in [-0.25, -0.2) is 4.98 Å². The maximum atomic E-state index is 11.9. The number of Topliss-reactive ketones (excluding diaryl/α,β-unsaturated/α-hetero) is 1. The molecular weight excluding hydrogens is 256 g/mol. The van der Waals surface area contributed by atoms with E-state index < -0.39 is 0 Å². The molecule has 0 aromatic carbocycles. The lowest BCUT2D eigenvalue weighted by Gasteiger charge is -2.26. The first kappa shape index (κ1) is 13.1. The van der Waals surface area contributed by atoms with Crippen LogP contribution >= 0.6 is 11.3 Å². The van der Waals surface area contributed by atoms with Crippen molar-refractivity contribution >= 4 is 22.3 Å². The van der Waals surface area contributed by atoms with Crippen LogP contribution in [0.15, 0.2) is 0 Å². The summed E-state index contributed by atoms with van der Waals surface area (Å²) in [5.74, 6) is 0.250. The molecule has 1 aromatic heterocycles. The van der Waals surface area contributed by atoms with Gasteiger partial charge in [0.1, 0.15) is 5.69 Å². The van der Waals surface area contributed by atoms with Gasteiger partial charge in [0.25, 0.3) is 0 Å². The summed E-state index contributed by atoms with van der Waals surface area (Å²) in [4.78, 5) is 20.1. The summed E-state index contributed by atoms with van der Waals surface area (Å²) in [5, 5.41) is 1.09. The van der Waals surface area contributed by atoms with Gasteiger partial charge in [-0.3, -0.25) is 4.79 Å². The molecule has 0 N–H and O–H groups in total. The fourth-order valence-electron chi connectivity index (χ4n) is 3.32. The molecule has 0 amide bonds. The van der Waals surface area contributed by atoms with Crippen molar-refractivity contribution in [1.82, 2.24) is 4.98 Å². The molecule has 1 aliphatic heterocycles. The van der Waals surface area contributed by atoms with Gasteiger partial charge < -0.3 is 4.90 Å². The minimum absolute atomic E-state index is 0.250. The fourth-order valence-corrected chi connectivity index (χ4v) is 4.46. The summed E-state index contributed by atoms with van der Waals surface area (Å²) in [6, 6.07) is 0. The van der Waals surface area contributed by atoms with Gasteiger partial charge in [0, 0.05) is 24.4 Å². The van der Waals surface area contributed by atoms with Crippen LogP contribution in [0.5, 0.6) is 0 Å². The van der Waals surface area contributed by atoms with Gasteiger partial charge in [-0.2, -0.15) is 0 Å². The SMILES string of the molecule is CCC1(CC)CCN(c2nc3c(s2)CCCC3=O)C1. The van der Waals surface area contributed by atoms with Crippen LogP contribution in [-0.2, 0) is 6.42 Å². The number of ketones is 1. The number of fused-ring (bicyclic) bond motifs is 1. The molecule has 0 saturated carbocycles. The average Bonchev–Trinajstić information content (AvgIpc) is 3.04. The van der Waals surface area contributed by atoms with E-state index in [-0.39, 0.29) is 5.78 Å². The van der Waals surface area contributed by atoms with Crippen LogP contribution in [0.1, 0.15) is 61.3 Å². The molecule has 0 bridgehead atoms. The number of carbonyl (C=O) groups is 1. The Hall–Kier alpha value is -0.900. The molecule has 4 heteroatoms. The van der Waals surface area contributed by atoms with Crippen molar-refractivity contribution in [3.05, 3.63) is 10.6 Å². The monoisotopic (exact) mass is 278 g/mol. The van der Waals surface area contributed by atoms with Crippen LogP contribution in [0.4, 0.5) is 5.13 Å². The molecule has 104 valence electrons. The van der Waals surface area contributed by atoms with Crippen LogP contribution in [-0.4, -0.2) is 23.9 Å². The van der Waals surface area contributed by atoms with E-state index in [9.17, 15) is 4.79 Å². The predicted octanol–water partition coefficient (Wildman–Crippen LogP) is 3.68. The number of nitrogens with zero attached hydrogens (tertiary/aromatic N) is 2. The highest BCUT2D eigenvalue weighted by molar-refractivity contribution is 7.16. The largest absolute Gasteiger partial charge is 0.347 e. The lowest BCUT2D eigenvalue weighted by Crippen LogP contribution is -2.26. The minimum Gasteiger partial charge on any atom is -0.347 e. The number of aryl methyl sites for hydroxylation is 1. The van der Waals surface area contributed by atoms with E-state index in [1.807, 2.05) is 0 Å². The number of anilines is 1. The lowest BCUT2D eigenvalue weighted by molar-refractivity contribution is 0.0968. The molecule has 0 spiro atoms. The normalized spacial score (nSPS) is 21.8. The van der Waals surface area contributed by atoms with Crippen molar-refractivity contribution in [2.75, 3.05) is 18.0 Å². The molecule has 1 aliphatic carbocycles. The molecule has 1 fully saturated rings. The number of rotatable bonds is 3. The van der Waals surface area contributed by atoms with Gasteiger partial charge in [0.2, 0.25) is 0 Å². The molecule has 0 unspecified atom stereocenters. The Bertz CT molecular complexity index is 490. The third kappa shape index (κ3) is 2.20. The molecule has 1 aromatic rings. The first-order chi connectivity index (χ1) is 9.17. The van der Waals surface area contributed by atoms with Crippen molar-refractivity contribution in [1.29, 1.82) is 0 Å². The lowest BCUT2D eigenvalue weighted by atomic mass is 9.82. The molecular formula is C15H22N2OS. The topological polar surface area (TPSA) is 33.2 Å².